The van der Waals surface area contributed by atoms with Crippen LogP contribution in [0.1, 0.15) is 18.4 Å². The highest BCUT2D eigenvalue weighted by Crippen LogP contribution is 2.18. The zero-order valence-corrected chi connectivity index (χ0v) is 10.6. The average molecular weight is 250 g/mol. The summed E-state index contributed by atoms with van der Waals surface area (Å²) < 4.78 is 15.7. The van der Waals surface area contributed by atoms with Crippen LogP contribution in [0.4, 0.5) is 0 Å². The van der Waals surface area contributed by atoms with Crippen molar-refractivity contribution < 1.29 is 19.0 Å². The second-order valence-electron chi connectivity index (χ2n) is 4.33. The van der Waals surface area contributed by atoms with Gasteiger partial charge in [-0.3, -0.25) is 4.79 Å². The van der Waals surface area contributed by atoms with Crippen molar-refractivity contribution in [2.24, 2.45) is 0 Å². The molecule has 1 aliphatic heterocycles. The molecular weight excluding hydrogens is 232 g/mol. The largest absolute Gasteiger partial charge is 0.490 e. The molecule has 0 spiro atoms. The van der Waals surface area contributed by atoms with E-state index in [1.165, 1.54) is 7.11 Å². The molecule has 1 heterocycles. The van der Waals surface area contributed by atoms with Crippen LogP contribution in [0.25, 0.3) is 0 Å². The molecule has 0 N–H and O–H groups in total. The molecule has 2 rings (SSSR count). The lowest BCUT2D eigenvalue weighted by Crippen LogP contribution is -2.25. The summed E-state index contributed by atoms with van der Waals surface area (Å²) >= 11 is 0. The van der Waals surface area contributed by atoms with Crippen LogP contribution < -0.4 is 4.74 Å². The first kappa shape index (κ1) is 12.9. The maximum Gasteiger partial charge on any atom is 0.309 e. The molecule has 0 saturated carbocycles. The van der Waals surface area contributed by atoms with Crippen molar-refractivity contribution in [3.8, 4) is 5.75 Å². The van der Waals surface area contributed by atoms with Gasteiger partial charge in [-0.05, 0) is 17.7 Å². The molecule has 1 aliphatic rings. The Morgan fingerprint density at radius 2 is 1.94 bits per heavy atom. The smallest absolute Gasteiger partial charge is 0.309 e. The van der Waals surface area contributed by atoms with Crippen LogP contribution in [0.5, 0.6) is 5.75 Å². The average Bonchev–Trinajstić information content (AvgIpc) is 2.42. The summed E-state index contributed by atoms with van der Waals surface area (Å²) in [6.07, 6.45) is 2.41. The summed E-state index contributed by atoms with van der Waals surface area (Å²) in [7, 11) is 1.39. The SMILES string of the molecule is COC(=O)Cc1ccc(OC2CCOCC2)cc1. The molecule has 1 aromatic rings. The normalized spacial score (nSPS) is 16.3. The molecule has 0 radical (unpaired) electrons. The highest BCUT2D eigenvalue weighted by atomic mass is 16.5. The molecule has 0 aliphatic carbocycles. The van der Waals surface area contributed by atoms with Crippen LogP contribution in [0.3, 0.4) is 0 Å². The van der Waals surface area contributed by atoms with Crippen molar-refractivity contribution in [3.05, 3.63) is 29.8 Å². The summed E-state index contributed by atoms with van der Waals surface area (Å²) in [6, 6.07) is 7.58. The predicted molar refractivity (Wildman–Crippen MR) is 66.6 cm³/mol. The first-order valence-corrected chi connectivity index (χ1v) is 6.18. The van der Waals surface area contributed by atoms with Gasteiger partial charge in [0.2, 0.25) is 0 Å². The number of hydrogen-bond acceptors (Lipinski definition) is 4. The molecule has 0 amide bonds. The Kier molecular flexibility index (Phi) is 4.59. The Bertz CT molecular complexity index is 379. The molecule has 1 fully saturated rings. The molecular formula is C14H18O4. The Morgan fingerprint density at radius 3 is 2.56 bits per heavy atom. The Labute approximate surface area is 107 Å². The van der Waals surface area contributed by atoms with E-state index >= 15 is 0 Å². The topological polar surface area (TPSA) is 44.8 Å². The third-order valence-corrected chi connectivity index (χ3v) is 2.97. The van der Waals surface area contributed by atoms with E-state index in [9.17, 15) is 4.79 Å². The van der Waals surface area contributed by atoms with Crippen molar-refractivity contribution in [1.29, 1.82) is 0 Å². The Morgan fingerprint density at radius 1 is 1.28 bits per heavy atom. The summed E-state index contributed by atoms with van der Waals surface area (Å²) in [6.45, 7) is 1.54. The van der Waals surface area contributed by atoms with Gasteiger partial charge in [-0.2, -0.15) is 0 Å². The lowest BCUT2D eigenvalue weighted by Gasteiger charge is -2.23. The van der Waals surface area contributed by atoms with E-state index in [4.69, 9.17) is 9.47 Å². The predicted octanol–water partition coefficient (Wildman–Crippen LogP) is 1.96. The maximum atomic E-state index is 11.1. The number of ether oxygens (including phenoxy) is 3. The second-order valence-corrected chi connectivity index (χ2v) is 4.33. The van der Waals surface area contributed by atoms with E-state index in [0.717, 1.165) is 37.4 Å². The molecule has 0 bridgehead atoms. The van der Waals surface area contributed by atoms with Crippen LogP contribution in [0, 0.1) is 0 Å². The van der Waals surface area contributed by atoms with E-state index in [2.05, 4.69) is 4.74 Å². The third-order valence-electron chi connectivity index (χ3n) is 2.97. The van der Waals surface area contributed by atoms with Crippen molar-refractivity contribution >= 4 is 5.97 Å². The molecule has 98 valence electrons. The van der Waals surface area contributed by atoms with E-state index in [1.54, 1.807) is 0 Å². The van der Waals surface area contributed by atoms with Crippen LogP contribution in [0.2, 0.25) is 0 Å². The molecule has 18 heavy (non-hydrogen) atoms. The Hall–Kier alpha value is -1.55. The molecule has 0 aromatic heterocycles. The fourth-order valence-electron chi connectivity index (χ4n) is 1.91. The number of carbonyl (C=O) groups is 1. The molecule has 1 saturated heterocycles. The van der Waals surface area contributed by atoms with Gasteiger partial charge < -0.3 is 14.2 Å². The molecule has 0 atom stereocenters. The van der Waals surface area contributed by atoms with E-state index in [1.807, 2.05) is 24.3 Å². The van der Waals surface area contributed by atoms with Gasteiger partial charge in [-0.25, -0.2) is 0 Å². The van der Waals surface area contributed by atoms with Crippen LogP contribution in [-0.4, -0.2) is 32.4 Å². The van der Waals surface area contributed by atoms with Gasteiger partial charge in [0.25, 0.3) is 0 Å². The summed E-state index contributed by atoms with van der Waals surface area (Å²) in [5.41, 5.74) is 0.932. The minimum absolute atomic E-state index is 0.229. The standard InChI is InChI=1S/C14H18O4/c1-16-14(15)10-11-2-4-12(5-3-11)18-13-6-8-17-9-7-13/h2-5,13H,6-10H2,1H3. The van der Waals surface area contributed by atoms with Crippen LogP contribution in [0.15, 0.2) is 24.3 Å². The number of rotatable bonds is 4. The van der Waals surface area contributed by atoms with E-state index < -0.39 is 0 Å². The third kappa shape index (κ3) is 3.74. The molecule has 0 unspecified atom stereocenters. The fourth-order valence-corrected chi connectivity index (χ4v) is 1.91. The fraction of sp³-hybridized carbons (Fsp3) is 0.500. The van der Waals surface area contributed by atoms with Crippen molar-refractivity contribution in [3.63, 3.8) is 0 Å². The van der Waals surface area contributed by atoms with Crippen molar-refractivity contribution in [1.82, 2.24) is 0 Å². The summed E-state index contributed by atoms with van der Waals surface area (Å²) in [4.78, 5) is 11.1. The van der Waals surface area contributed by atoms with Gasteiger partial charge in [0.05, 0.1) is 26.7 Å². The highest BCUT2D eigenvalue weighted by molar-refractivity contribution is 5.72. The van der Waals surface area contributed by atoms with Gasteiger partial charge in [-0.15, -0.1) is 0 Å². The number of methoxy groups -OCH3 is 1. The lowest BCUT2D eigenvalue weighted by atomic mass is 10.1. The van der Waals surface area contributed by atoms with Crippen molar-refractivity contribution in [2.45, 2.75) is 25.4 Å². The van der Waals surface area contributed by atoms with Gasteiger partial charge in [0.1, 0.15) is 11.9 Å². The highest BCUT2D eigenvalue weighted by Gasteiger charge is 2.15. The second kappa shape index (κ2) is 6.40. The quantitative estimate of drug-likeness (QED) is 0.766. The van der Waals surface area contributed by atoms with Crippen molar-refractivity contribution in [2.75, 3.05) is 20.3 Å². The minimum atomic E-state index is -0.229. The van der Waals surface area contributed by atoms with Crippen LogP contribution in [-0.2, 0) is 20.7 Å². The number of esters is 1. The van der Waals surface area contributed by atoms with E-state index in [-0.39, 0.29) is 12.1 Å². The van der Waals surface area contributed by atoms with E-state index in [0.29, 0.717) is 6.42 Å². The lowest BCUT2D eigenvalue weighted by molar-refractivity contribution is -0.139. The first-order valence-electron chi connectivity index (χ1n) is 6.18. The zero-order chi connectivity index (χ0) is 12.8. The molecule has 4 heteroatoms. The number of benzene rings is 1. The van der Waals surface area contributed by atoms with Gasteiger partial charge in [0, 0.05) is 12.8 Å². The number of carbonyl (C=O) groups excluding carboxylic acids is 1. The van der Waals surface area contributed by atoms with Gasteiger partial charge in [0.15, 0.2) is 0 Å². The number of hydrogen-bond donors (Lipinski definition) is 0. The minimum Gasteiger partial charge on any atom is -0.490 e. The zero-order valence-electron chi connectivity index (χ0n) is 10.6. The Balaban J connectivity index is 1.88. The van der Waals surface area contributed by atoms with Gasteiger partial charge in [-0.1, -0.05) is 12.1 Å². The van der Waals surface area contributed by atoms with Gasteiger partial charge >= 0.3 is 5.97 Å². The molecule has 1 aromatic carbocycles. The summed E-state index contributed by atoms with van der Waals surface area (Å²) in [5.74, 6) is 0.614. The monoisotopic (exact) mass is 250 g/mol. The maximum absolute atomic E-state index is 11.1. The van der Waals surface area contributed by atoms with Crippen LogP contribution >= 0.6 is 0 Å². The first-order chi connectivity index (χ1) is 8.78. The summed E-state index contributed by atoms with van der Waals surface area (Å²) in [5, 5.41) is 0. The molecule has 4 nitrogen and oxygen atoms in total.